The Balaban J connectivity index is 1.28. The summed E-state index contributed by atoms with van der Waals surface area (Å²) in [4.78, 5) is 37.1. The molecule has 2 unspecified atom stereocenters. The van der Waals surface area contributed by atoms with E-state index in [2.05, 4.69) is 11.9 Å². The van der Waals surface area contributed by atoms with Gasteiger partial charge >= 0.3 is 13.5 Å². The molecular formula is C37H58ClN2O10P. The predicted octanol–water partition coefficient (Wildman–Crippen LogP) is 8.45. The SMILES string of the molecule is CCCCCCCCCCCCCCCCOC(CCOP(=O)(O)Oc1ccccc1Cl)C[C@H]1O[C@H](n2ccc(=O)[nH]c2=O)[C@@H]2OC(C)(C)O[C@@H]21. The van der Waals surface area contributed by atoms with Gasteiger partial charge < -0.3 is 23.5 Å². The first-order chi connectivity index (χ1) is 24.5. The van der Waals surface area contributed by atoms with Gasteiger partial charge in [-0.1, -0.05) is 114 Å². The molecule has 1 aromatic carbocycles. The second kappa shape index (κ2) is 21.0. The molecule has 0 radical (unpaired) electrons. The lowest BCUT2D eigenvalue weighted by Crippen LogP contribution is -2.37. The number of aromatic nitrogens is 2. The van der Waals surface area contributed by atoms with Crippen molar-refractivity contribution in [2.75, 3.05) is 13.2 Å². The highest BCUT2D eigenvalue weighted by atomic mass is 35.5. The summed E-state index contributed by atoms with van der Waals surface area (Å²) in [7, 11) is -4.47. The lowest BCUT2D eigenvalue weighted by molar-refractivity contribution is -0.200. The number of rotatable bonds is 25. The van der Waals surface area contributed by atoms with E-state index in [9.17, 15) is 19.0 Å². The lowest BCUT2D eigenvalue weighted by Gasteiger charge is -2.27. The normalized spacial score (nSPS) is 22.8. The third-order valence-electron chi connectivity index (χ3n) is 9.34. The summed E-state index contributed by atoms with van der Waals surface area (Å²) >= 11 is 6.09. The number of phosphoric ester groups is 1. The molecule has 2 N–H and O–H groups in total. The highest BCUT2D eigenvalue weighted by Crippen LogP contribution is 2.47. The molecule has 0 saturated carbocycles. The van der Waals surface area contributed by atoms with Crippen LogP contribution in [0.15, 0.2) is 46.1 Å². The Morgan fingerprint density at radius 2 is 1.51 bits per heavy atom. The van der Waals surface area contributed by atoms with Crippen molar-refractivity contribution in [1.82, 2.24) is 9.55 Å². The molecule has 4 rings (SSSR count). The molecular weight excluding hydrogens is 699 g/mol. The highest BCUT2D eigenvalue weighted by molar-refractivity contribution is 7.47. The van der Waals surface area contributed by atoms with Gasteiger partial charge in [-0.05, 0) is 38.8 Å². The average molecular weight is 757 g/mol. The van der Waals surface area contributed by atoms with Crippen molar-refractivity contribution >= 4 is 19.4 Å². The maximum atomic E-state index is 12.7. The highest BCUT2D eigenvalue weighted by Gasteiger charge is 2.56. The first-order valence-electron chi connectivity index (χ1n) is 18.8. The van der Waals surface area contributed by atoms with Crippen molar-refractivity contribution in [2.45, 2.75) is 160 Å². The number of nitrogens with zero attached hydrogens (tertiary/aromatic N) is 1. The van der Waals surface area contributed by atoms with Crippen LogP contribution in [0.25, 0.3) is 0 Å². The summed E-state index contributed by atoms with van der Waals surface area (Å²) in [5.41, 5.74) is -1.13. The summed E-state index contributed by atoms with van der Waals surface area (Å²) in [6.45, 7) is 6.22. The number of phosphoric acid groups is 1. The van der Waals surface area contributed by atoms with E-state index in [1.807, 2.05) is 0 Å². The molecule has 0 bridgehead atoms. The zero-order valence-electron chi connectivity index (χ0n) is 30.5. The Bertz CT molecular complexity index is 1490. The molecule has 51 heavy (non-hydrogen) atoms. The van der Waals surface area contributed by atoms with Crippen molar-refractivity contribution in [3.8, 4) is 5.75 Å². The lowest BCUT2D eigenvalue weighted by atomic mass is 10.0. The minimum atomic E-state index is -4.47. The second-order valence-corrected chi connectivity index (χ2v) is 15.9. The number of ether oxygens (including phenoxy) is 4. The fourth-order valence-corrected chi connectivity index (χ4v) is 7.77. The van der Waals surface area contributed by atoms with Crippen LogP contribution in [0.2, 0.25) is 5.02 Å². The van der Waals surface area contributed by atoms with E-state index in [4.69, 9.17) is 39.6 Å². The number of fused-ring (bicyclic) bond motifs is 1. The smallest absolute Gasteiger partial charge is 0.403 e. The zero-order chi connectivity index (χ0) is 36.7. The van der Waals surface area contributed by atoms with E-state index < -0.39 is 55.5 Å². The minimum Gasteiger partial charge on any atom is -0.403 e. The Hall–Kier alpha value is -2.02. The van der Waals surface area contributed by atoms with Crippen molar-refractivity contribution in [3.05, 3.63) is 62.4 Å². The second-order valence-electron chi connectivity index (χ2n) is 14.1. The third-order valence-corrected chi connectivity index (χ3v) is 10.6. The van der Waals surface area contributed by atoms with Crippen LogP contribution in [0.3, 0.4) is 0 Å². The van der Waals surface area contributed by atoms with Gasteiger partial charge in [-0.25, -0.2) is 9.36 Å². The maximum Gasteiger partial charge on any atom is 0.527 e. The molecule has 0 spiro atoms. The Labute approximate surface area is 307 Å². The largest absolute Gasteiger partial charge is 0.527 e. The third kappa shape index (κ3) is 14.0. The topological polar surface area (TPSA) is 148 Å². The van der Waals surface area contributed by atoms with E-state index in [1.54, 1.807) is 32.0 Å². The number of benzene rings is 1. The van der Waals surface area contributed by atoms with Crippen molar-refractivity contribution in [3.63, 3.8) is 0 Å². The summed E-state index contributed by atoms with van der Waals surface area (Å²) in [5, 5.41) is 0.190. The number of halogens is 1. The molecule has 2 aromatic rings. The monoisotopic (exact) mass is 756 g/mol. The fraction of sp³-hybridized carbons (Fsp3) is 0.730. The van der Waals surface area contributed by atoms with Crippen LogP contribution in [0.5, 0.6) is 5.75 Å². The van der Waals surface area contributed by atoms with Crippen molar-refractivity contribution in [2.24, 2.45) is 0 Å². The van der Waals surface area contributed by atoms with E-state index in [1.165, 1.54) is 93.5 Å². The molecule has 0 aliphatic carbocycles. The van der Waals surface area contributed by atoms with Crippen LogP contribution < -0.4 is 15.8 Å². The van der Waals surface area contributed by atoms with Gasteiger partial charge in [0.2, 0.25) is 0 Å². The molecule has 1 aromatic heterocycles. The van der Waals surface area contributed by atoms with Gasteiger partial charge in [0.05, 0.1) is 23.8 Å². The van der Waals surface area contributed by atoms with E-state index in [0.29, 0.717) is 13.0 Å². The van der Waals surface area contributed by atoms with E-state index in [0.717, 1.165) is 19.3 Å². The molecule has 2 aliphatic heterocycles. The molecule has 3 heterocycles. The van der Waals surface area contributed by atoms with Crippen LogP contribution in [0, 0.1) is 0 Å². The van der Waals surface area contributed by atoms with Crippen LogP contribution in [0.4, 0.5) is 0 Å². The van der Waals surface area contributed by atoms with E-state index in [-0.39, 0.29) is 23.8 Å². The average Bonchev–Trinajstić information content (AvgIpc) is 3.56. The van der Waals surface area contributed by atoms with Crippen molar-refractivity contribution in [1.29, 1.82) is 0 Å². The summed E-state index contributed by atoms with van der Waals surface area (Å²) in [6.07, 6.45) is 16.7. The number of aromatic amines is 1. The number of hydrogen-bond donors (Lipinski definition) is 2. The molecule has 12 nitrogen and oxygen atoms in total. The maximum absolute atomic E-state index is 12.7. The zero-order valence-corrected chi connectivity index (χ0v) is 32.1. The first-order valence-corrected chi connectivity index (χ1v) is 20.7. The molecule has 288 valence electrons. The molecule has 6 atom stereocenters. The van der Waals surface area contributed by atoms with Crippen LogP contribution in [-0.2, 0) is 28.0 Å². The van der Waals surface area contributed by atoms with E-state index >= 15 is 0 Å². The standard InChI is InChI=1S/C37H58ClN2O10P/c1-4-5-6-7-8-9-10-11-12-13-14-15-16-19-25-45-28(23-26-46-51(43,44)50-30-21-18-17-20-29(30)38)27-31-33-34(49-37(2,3)48-33)35(47-31)40-24-22-32(41)39-36(40)42/h17-18,20-22,24,28,31,33-35H,4-16,19,23,25-27H2,1-3H3,(H,43,44)(H,39,41,42)/t28?,31-,33-,34-,35+/m1/s1. The van der Waals surface area contributed by atoms with Gasteiger partial charge in [0.15, 0.2) is 12.0 Å². The van der Waals surface area contributed by atoms with Gasteiger partial charge in [0, 0.05) is 25.3 Å². The Kier molecular flexibility index (Phi) is 17.2. The number of hydrogen-bond acceptors (Lipinski definition) is 9. The minimum absolute atomic E-state index is 0.0468. The molecule has 2 saturated heterocycles. The Morgan fingerprint density at radius 1 is 0.902 bits per heavy atom. The molecule has 14 heteroatoms. The first kappa shape index (κ1) is 41.7. The summed E-state index contributed by atoms with van der Waals surface area (Å²) in [5.74, 6) is -0.875. The quantitative estimate of drug-likeness (QED) is 0.0747. The van der Waals surface area contributed by atoms with Crippen LogP contribution in [-0.4, -0.2) is 57.9 Å². The molecule has 2 fully saturated rings. The Morgan fingerprint density at radius 3 is 2.14 bits per heavy atom. The number of unbranched alkanes of at least 4 members (excludes halogenated alkanes) is 13. The van der Waals surface area contributed by atoms with Gasteiger partial charge in [-0.2, -0.15) is 0 Å². The number of nitrogens with one attached hydrogen (secondary N) is 1. The van der Waals surface area contributed by atoms with Gasteiger partial charge in [-0.3, -0.25) is 23.8 Å². The predicted molar refractivity (Wildman–Crippen MR) is 196 cm³/mol. The van der Waals surface area contributed by atoms with Gasteiger partial charge in [-0.15, -0.1) is 0 Å². The fourth-order valence-electron chi connectivity index (χ4n) is 6.74. The number of H-pyrrole nitrogens is 1. The summed E-state index contributed by atoms with van der Waals surface area (Å²) < 4.78 is 49.6. The van der Waals surface area contributed by atoms with Gasteiger partial charge in [0.1, 0.15) is 18.0 Å². The summed E-state index contributed by atoms with van der Waals surface area (Å²) in [6, 6.07) is 7.62. The molecule has 0 amide bonds. The molecule has 2 aliphatic rings. The van der Waals surface area contributed by atoms with Crippen LogP contribution in [0.1, 0.15) is 130 Å². The number of para-hydroxylation sites is 1. The van der Waals surface area contributed by atoms with Gasteiger partial charge in [0.25, 0.3) is 5.56 Å². The van der Waals surface area contributed by atoms with Crippen molar-refractivity contribution < 1.29 is 37.5 Å². The van der Waals surface area contributed by atoms with Crippen LogP contribution >= 0.6 is 19.4 Å².